The van der Waals surface area contributed by atoms with Gasteiger partial charge in [0.1, 0.15) is 5.75 Å². The van der Waals surface area contributed by atoms with E-state index >= 15 is 0 Å². The van der Waals surface area contributed by atoms with Crippen LogP contribution < -0.4 is 5.32 Å². The zero-order valence-electron chi connectivity index (χ0n) is 9.45. The van der Waals surface area contributed by atoms with E-state index in [1.165, 1.54) is 24.3 Å². The third-order valence-corrected chi connectivity index (χ3v) is 3.24. The molecule has 0 saturated carbocycles. The summed E-state index contributed by atoms with van der Waals surface area (Å²) in [6.45, 7) is 0. The molecule has 0 bridgehead atoms. The van der Waals surface area contributed by atoms with Gasteiger partial charge in [-0.2, -0.15) is 0 Å². The third-order valence-electron chi connectivity index (χ3n) is 2.39. The van der Waals surface area contributed by atoms with Crippen LogP contribution in [-0.4, -0.2) is 11.0 Å². The van der Waals surface area contributed by atoms with Crippen LogP contribution in [0.1, 0.15) is 10.4 Å². The number of rotatable bonds is 2. The van der Waals surface area contributed by atoms with E-state index in [4.69, 9.17) is 34.8 Å². The van der Waals surface area contributed by atoms with Gasteiger partial charge >= 0.3 is 0 Å². The summed E-state index contributed by atoms with van der Waals surface area (Å²) in [7, 11) is 0. The lowest BCUT2D eigenvalue weighted by molar-refractivity contribution is 0.102. The number of carbonyl (C=O) groups excluding carboxylic acids is 1. The third kappa shape index (κ3) is 3.32. The van der Waals surface area contributed by atoms with Crippen LogP contribution in [0.3, 0.4) is 0 Å². The number of anilines is 1. The minimum Gasteiger partial charge on any atom is -0.506 e. The van der Waals surface area contributed by atoms with Crippen molar-refractivity contribution in [2.45, 2.75) is 0 Å². The van der Waals surface area contributed by atoms with Crippen LogP contribution >= 0.6 is 34.8 Å². The summed E-state index contributed by atoms with van der Waals surface area (Å²) in [6, 6.07) is 8.93. The molecule has 0 heterocycles. The Labute approximate surface area is 124 Å². The SMILES string of the molecule is O=C(Nc1ccc(Cl)cc1Cl)c1ccc(O)c(Cl)c1. The average Bonchev–Trinajstić information content (AvgIpc) is 2.36. The van der Waals surface area contributed by atoms with Gasteiger partial charge in [0, 0.05) is 10.6 Å². The summed E-state index contributed by atoms with van der Waals surface area (Å²) in [5.41, 5.74) is 0.758. The van der Waals surface area contributed by atoms with Crippen molar-refractivity contribution >= 4 is 46.4 Å². The van der Waals surface area contributed by atoms with Crippen LogP contribution in [0, 0.1) is 0 Å². The molecule has 2 aromatic carbocycles. The number of phenols is 1. The molecule has 0 atom stereocenters. The van der Waals surface area contributed by atoms with Crippen molar-refractivity contribution in [1.82, 2.24) is 0 Å². The highest BCUT2D eigenvalue weighted by atomic mass is 35.5. The minimum absolute atomic E-state index is 0.0808. The molecule has 0 saturated heterocycles. The van der Waals surface area contributed by atoms with Crippen molar-refractivity contribution in [2.24, 2.45) is 0 Å². The first-order chi connectivity index (χ1) is 8.97. The van der Waals surface area contributed by atoms with Gasteiger partial charge in [-0.15, -0.1) is 0 Å². The Hall–Kier alpha value is -1.42. The van der Waals surface area contributed by atoms with Crippen molar-refractivity contribution in [2.75, 3.05) is 5.32 Å². The first-order valence-corrected chi connectivity index (χ1v) is 6.35. The normalized spacial score (nSPS) is 10.3. The predicted octanol–water partition coefficient (Wildman–Crippen LogP) is 4.60. The largest absolute Gasteiger partial charge is 0.506 e. The van der Waals surface area contributed by atoms with Gasteiger partial charge < -0.3 is 10.4 Å². The van der Waals surface area contributed by atoms with E-state index < -0.39 is 0 Å². The maximum atomic E-state index is 12.0. The Morgan fingerprint density at radius 1 is 1.00 bits per heavy atom. The Morgan fingerprint density at radius 2 is 1.74 bits per heavy atom. The first kappa shape index (κ1) is 14.0. The molecule has 1 amide bonds. The van der Waals surface area contributed by atoms with E-state index in [0.29, 0.717) is 21.3 Å². The second-order valence-electron chi connectivity index (χ2n) is 3.74. The van der Waals surface area contributed by atoms with E-state index in [0.717, 1.165) is 0 Å². The Kier molecular flexibility index (Phi) is 4.20. The second kappa shape index (κ2) is 5.70. The molecule has 98 valence electrons. The molecule has 0 spiro atoms. The average molecular weight is 317 g/mol. The summed E-state index contributed by atoms with van der Waals surface area (Å²) in [5.74, 6) is -0.464. The summed E-state index contributed by atoms with van der Waals surface area (Å²) >= 11 is 17.5. The van der Waals surface area contributed by atoms with Crippen LogP contribution in [0.4, 0.5) is 5.69 Å². The topological polar surface area (TPSA) is 49.3 Å². The van der Waals surface area contributed by atoms with Crippen molar-refractivity contribution < 1.29 is 9.90 Å². The summed E-state index contributed by atoms with van der Waals surface area (Å²) < 4.78 is 0. The fourth-order valence-corrected chi connectivity index (χ4v) is 2.07. The monoisotopic (exact) mass is 315 g/mol. The number of carbonyl (C=O) groups is 1. The van der Waals surface area contributed by atoms with Gasteiger partial charge in [0.25, 0.3) is 5.91 Å². The lowest BCUT2D eigenvalue weighted by atomic mass is 10.2. The number of hydrogen-bond acceptors (Lipinski definition) is 2. The molecule has 0 radical (unpaired) electrons. The van der Waals surface area contributed by atoms with E-state index in [1.807, 2.05) is 0 Å². The molecule has 0 unspecified atom stereocenters. The highest BCUT2D eigenvalue weighted by Gasteiger charge is 2.10. The number of hydrogen-bond donors (Lipinski definition) is 2. The summed E-state index contributed by atoms with van der Waals surface area (Å²) in [6.07, 6.45) is 0. The maximum Gasteiger partial charge on any atom is 0.255 e. The molecule has 6 heteroatoms. The molecule has 0 aliphatic rings. The minimum atomic E-state index is -0.383. The van der Waals surface area contributed by atoms with Crippen molar-refractivity contribution in [3.8, 4) is 5.75 Å². The Bertz CT molecular complexity index is 644. The highest BCUT2D eigenvalue weighted by Crippen LogP contribution is 2.27. The number of benzene rings is 2. The van der Waals surface area contributed by atoms with Gasteiger partial charge in [0.15, 0.2) is 0 Å². The van der Waals surface area contributed by atoms with Crippen LogP contribution in [0.5, 0.6) is 5.75 Å². The van der Waals surface area contributed by atoms with E-state index in [-0.39, 0.29) is 16.7 Å². The number of amides is 1. The van der Waals surface area contributed by atoms with Gasteiger partial charge in [-0.3, -0.25) is 4.79 Å². The van der Waals surface area contributed by atoms with Crippen molar-refractivity contribution in [1.29, 1.82) is 0 Å². The van der Waals surface area contributed by atoms with Gasteiger partial charge in [0.05, 0.1) is 15.7 Å². The van der Waals surface area contributed by atoms with Crippen LogP contribution in [0.2, 0.25) is 15.1 Å². The Balaban J connectivity index is 2.23. The van der Waals surface area contributed by atoms with Crippen LogP contribution in [0.25, 0.3) is 0 Å². The molecule has 0 aromatic heterocycles. The number of phenolic OH excluding ortho intramolecular Hbond substituents is 1. The summed E-state index contributed by atoms with van der Waals surface area (Å²) in [5, 5.41) is 12.8. The predicted molar refractivity (Wildman–Crippen MR) is 77.5 cm³/mol. The van der Waals surface area contributed by atoms with Gasteiger partial charge in [-0.1, -0.05) is 34.8 Å². The van der Waals surface area contributed by atoms with Crippen molar-refractivity contribution in [3.05, 3.63) is 57.0 Å². The van der Waals surface area contributed by atoms with E-state index in [9.17, 15) is 9.90 Å². The lowest BCUT2D eigenvalue weighted by Crippen LogP contribution is -2.12. The first-order valence-electron chi connectivity index (χ1n) is 5.22. The molecule has 19 heavy (non-hydrogen) atoms. The number of halogens is 3. The molecule has 0 aliphatic carbocycles. The molecule has 3 nitrogen and oxygen atoms in total. The molecule has 2 N–H and O–H groups in total. The van der Waals surface area contributed by atoms with Gasteiger partial charge in [0.2, 0.25) is 0 Å². The van der Waals surface area contributed by atoms with Crippen molar-refractivity contribution in [3.63, 3.8) is 0 Å². The molecular weight excluding hydrogens is 309 g/mol. The van der Waals surface area contributed by atoms with E-state index in [2.05, 4.69) is 5.32 Å². The number of nitrogens with one attached hydrogen (secondary N) is 1. The zero-order chi connectivity index (χ0) is 14.0. The fraction of sp³-hybridized carbons (Fsp3) is 0. The fourth-order valence-electron chi connectivity index (χ4n) is 1.43. The Morgan fingerprint density at radius 3 is 2.37 bits per heavy atom. The molecular formula is C13H8Cl3NO2. The second-order valence-corrected chi connectivity index (χ2v) is 5.00. The summed E-state index contributed by atoms with van der Waals surface area (Å²) in [4.78, 5) is 12.0. The molecule has 0 aliphatic heterocycles. The van der Waals surface area contributed by atoms with Gasteiger partial charge in [-0.05, 0) is 36.4 Å². The van der Waals surface area contributed by atoms with E-state index in [1.54, 1.807) is 12.1 Å². The van der Waals surface area contributed by atoms with Crippen LogP contribution in [-0.2, 0) is 0 Å². The molecule has 2 aromatic rings. The standard InChI is InChI=1S/C13H8Cl3NO2/c14-8-2-3-11(9(15)6-8)17-13(19)7-1-4-12(18)10(16)5-7/h1-6,18H,(H,17,19). The zero-order valence-corrected chi connectivity index (χ0v) is 11.7. The van der Waals surface area contributed by atoms with Gasteiger partial charge in [-0.25, -0.2) is 0 Å². The highest BCUT2D eigenvalue weighted by molar-refractivity contribution is 6.37. The maximum absolute atomic E-state index is 12.0. The lowest BCUT2D eigenvalue weighted by Gasteiger charge is -2.08. The smallest absolute Gasteiger partial charge is 0.255 e. The molecule has 2 rings (SSSR count). The number of aromatic hydroxyl groups is 1. The van der Waals surface area contributed by atoms with Crippen LogP contribution in [0.15, 0.2) is 36.4 Å². The molecule has 0 fully saturated rings. The quantitative estimate of drug-likeness (QED) is 0.850.